The molecule has 27 heavy (non-hydrogen) atoms. The van der Waals surface area contributed by atoms with Crippen LogP contribution in [0, 0.1) is 10.1 Å². The molecule has 0 saturated carbocycles. The predicted octanol–water partition coefficient (Wildman–Crippen LogP) is 5.32. The molecule has 142 valence electrons. The number of amidine groups is 1. The van der Waals surface area contributed by atoms with Crippen molar-refractivity contribution in [1.82, 2.24) is 4.90 Å². The lowest BCUT2D eigenvalue weighted by Crippen LogP contribution is -2.39. The van der Waals surface area contributed by atoms with Crippen LogP contribution in [0.5, 0.6) is 0 Å². The number of thioether (sulfide) groups is 1. The Morgan fingerprint density at radius 1 is 1.19 bits per heavy atom. The van der Waals surface area contributed by atoms with Crippen molar-refractivity contribution in [2.75, 3.05) is 6.54 Å². The molecule has 5 nitrogen and oxygen atoms in total. The van der Waals surface area contributed by atoms with Gasteiger partial charge >= 0.3 is 6.30 Å². The molecular weight excluding hydrogens is 379 g/mol. The van der Waals surface area contributed by atoms with Gasteiger partial charge in [0.2, 0.25) is 0 Å². The summed E-state index contributed by atoms with van der Waals surface area (Å²) >= 11 is 0.997. The predicted molar refractivity (Wildman–Crippen MR) is 99.2 cm³/mol. The van der Waals surface area contributed by atoms with Crippen molar-refractivity contribution >= 4 is 28.3 Å². The van der Waals surface area contributed by atoms with E-state index in [1.54, 1.807) is 0 Å². The van der Waals surface area contributed by atoms with Gasteiger partial charge in [-0.25, -0.2) is 4.99 Å². The van der Waals surface area contributed by atoms with Crippen molar-refractivity contribution in [3.8, 4) is 0 Å². The minimum atomic E-state index is -4.61. The Kier molecular flexibility index (Phi) is 5.41. The van der Waals surface area contributed by atoms with Crippen molar-refractivity contribution in [3.63, 3.8) is 0 Å². The van der Waals surface area contributed by atoms with Gasteiger partial charge in [-0.2, -0.15) is 13.2 Å². The zero-order valence-corrected chi connectivity index (χ0v) is 15.1. The molecule has 0 aromatic heterocycles. The molecule has 1 fully saturated rings. The molecule has 0 radical (unpaired) electrons. The van der Waals surface area contributed by atoms with E-state index in [0.717, 1.165) is 17.3 Å². The molecular formula is C18H16F3N3O2S. The van der Waals surface area contributed by atoms with Gasteiger partial charge in [0, 0.05) is 17.9 Å². The maximum atomic E-state index is 13.5. The first-order chi connectivity index (χ1) is 12.8. The molecule has 2 atom stereocenters. The first-order valence-electron chi connectivity index (χ1n) is 8.15. The second-order valence-corrected chi connectivity index (χ2v) is 7.28. The Hall–Kier alpha value is -2.55. The van der Waals surface area contributed by atoms with E-state index in [1.807, 2.05) is 37.3 Å². The van der Waals surface area contributed by atoms with Crippen LogP contribution in [0.25, 0.3) is 0 Å². The number of benzene rings is 2. The van der Waals surface area contributed by atoms with Gasteiger partial charge in [0.05, 0.1) is 4.92 Å². The number of nitro benzene ring substituents is 1. The molecule has 1 heterocycles. The van der Waals surface area contributed by atoms with Gasteiger partial charge in [-0.05, 0) is 17.5 Å². The highest BCUT2D eigenvalue weighted by atomic mass is 32.2. The zero-order chi connectivity index (χ0) is 19.6. The molecule has 3 rings (SSSR count). The minimum absolute atomic E-state index is 0.0905. The van der Waals surface area contributed by atoms with Crippen molar-refractivity contribution in [2.45, 2.75) is 24.4 Å². The summed E-state index contributed by atoms with van der Waals surface area (Å²) in [5.41, 5.74) is 0.517. The lowest BCUT2D eigenvalue weighted by molar-refractivity contribution is -0.384. The number of rotatable bonds is 4. The van der Waals surface area contributed by atoms with Gasteiger partial charge in [0.15, 0.2) is 5.17 Å². The number of nitrogens with zero attached hydrogens (tertiary/aromatic N) is 3. The Morgan fingerprint density at radius 2 is 1.81 bits per heavy atom. The van der Waals surface area contributed by atoms with Crippen molar-refractivity contribution in [1.29, 1.82) is 0 Å². The summed E-state index contributed by atoms with van der Waals surface area (Å²) in [7, 11) is 0. The molecule has 9 heteroatoms. The summed E-state index contributed by atoms with van der Waals surface area (Å²) in [5.74, 6) is -0.139. The van der Waals surface area contributed by atoms with Crippen LogP contribution in [0.3, 0.4) is 0 Å². The molecule has 2 unspecified atom stereocenters. The third-order valence-corrected chi connectivity index (χ3v) is 5.72. The average molecular weight is 395 g/mol. The van der Waals surface area contributed by atoms with Gasteiger partial charge in [0.25, 0.3) is 5.69 Å². The molecule has 1 aliphatic rings. The van der Waals surface area contributed by atoms with Gasteiger partial charge in [0.1, 0.15) is 5.69 Å². The highest BCUT2D eigenvalue weighted by Gasteiger charge is 2.47. The van der Waals surface area contributed by atoms with Crippen LogP contribution in [0.2, 0.25) is 0 Å². The summed E-state index contributed by atoms with van der Waals surface area (Å²) in [6.45, 7) is 1.61. The highest BCUT2D eigenvalue weighted by Crippen LogP contribution is 2.42. The maximum absolute atomic E-state index is 13.5. The van der Waals surface area contributed by atoms with E-state index in [4.69, 9.17) is 0 Å². The molecule has 1 aliphatic heterocycles. The fraction of sp³-hybridized carbons (Fsp3) is 0.278. The van der Waals surface area contributed by atoms with Crippen molar-refractivity contribution < 1.29 is 18.1 Å². The third kappa shape index (κ3) is 4.24. The SMILES string of the molecule is CC(c1ccccc1)C1CN(C(F)(F)F)C(=Nc2ccccc2[N+](=O)[O-])S1. The van der Waals surface area contributed by atoms with Gasteiger partial charge < -0.3 is 0 Å². The number of nitro groups is 1. The highest BCUT2D eigenvalue weighted by molar-refractivity contribution is 8.14. The summed E-state index contributed by atoms with van der Waals surface area (Å²) in [4.78, 5) is 14.7. The van der Waals surface area contributed by atoms with E-state index >= 15 is 0 Å². The normalized spacial score (nSPS) is 20.1. The van der Waals surface area contributed by atoms with E-state index in [0.29, 0.717) is 0 Å². The van der Waals surface area contributed by atoms with E-state index in [9.17, 15) is 23.3 Å². The zero-order valence-electron chi connectivity index (χ0n) is 14.3. The van der Waals surface area contributed by atoms with E-state index < -0.39 is 11.2 Å². The summed E-state index contributed by atoms with van der Waals surface area (Å²) in [5, 5.41) is 10.5. The third-order valence-electron chi connectivity index (χ3n) is 4.33. The molecule has 0 aliphatic carbocycles. The monoisotopic (exact) mass is 395 g/mol. The van der Waals surface area contributed by atoms with Crippen LogP contribution in [-0.2, 0) is 0 Å². The standard InChI is InChI=1S/C18H16F3N3O2S/c1-12(13-7-3-2-4-8-13)16-11-23(18(19,20)21)17(27-16)22-14-9-5-6-10-15(14)24(25)26/h2-10,12,16H,11H2,1H3. The quantitative estimate of drug-likeness (QED) is 0.399. The fourth-order valence-electron chi connectivity index (χ4n) is 2.84. The summed E-state index contributed by atoms with van der Waals surface area (Å²) in [6.07, 6.45) is -4.61. The van der Waals surface area contributed by atoms with E-state index in [1.165, 1.54) is 24.3 Å². The second kappa shape index (κ2) is 7.59. The maximum Gasteiger partial charge on any atom is 0.486 e. The molecule has 1 saturated heterocycles. The van der Waals surface area contributed by atoms with Gasteiger partial charge in [-0.15, -0.1) is 0 Å². The van der Waals surface area contributed by atoms with Crippen LogP contribution in [0.1, 0.15) is 18.4 Å². The number of alkyl halides is 3. The molecule has 2 aromatic rings. The lowest BCUT2D eigenvalue weighted by atomic mass is 9.97. The lowest BCUT2D eigenvalue weighted by Gasteiger charge is -2.22. The van der Waals surface area contributed by atoms with Crippen molar-refractivity contribution in [3.05, 3.63) is 70.3 Å². The van der Waals surface area contributed by atoms with E-state index in [2.05, 4.69) is 4.99 Å². The number of para-hydroxylation sites is 2. The summed E-state index contributed by atoms with van der Waals surface area (Å²) in [6, 6.07) is 14.8. The Balaban J connectivity index is 1.95. The minimum Gasteiger partial charge on any atom is -0.261 e. The van der Waals surface area contributed by atoms with E-state index in [-0.39, 0.29) is 39.2 Å². The number of hydrogen-bond acceptors (Lipinski definition) is 4. The Labute approximate surface area is 158 Å². The van der Waals surface area contributed by atoms with Crippen molar-refractivity contribution in [2.24, 2.45) is 4.99 Å². The topological polar surface area (TPSA) is 58.7 Å². The van der Waals surface area contributed by atoms with Crippen LogP contribution in [-0.4, -0.2) is 33.1 Å². The van der Waals surface area contributed by atoms with Crippen LogP contribution >= 0.6 is 11.8 Å². The van der Waals surface area contributed by atoms with Crippen LogP contribution in [0.4, 0.5) is 24.5 Å². The first kappa shape index (κ1) is 19.2. The van der Waals surface area contributed by atoms with Gasteiger partial charge in [-0.1, -0.05) is 61.2 Å². The smallest absolute Gasteiger partial charge is 0.261 e. The number of aliphatic imine (C=N–C) groups is 1. The molecule has 0 amide bonds. The summed E-state index contributed by atoms with van der Waals surface area (Å²) < 4.78 is 40.5. The van der Waals surface area contributed by atoms with Gasteiger partial charge in [-0.3, -0.25) is 15.0 Å². The average Bonchev–Trinajstić information content (AvgIpc) is 3.06. The first-order valence-corrected chi connectivity index (χ1v) is 9.03. The fourth-order valence-corrected chi connectivity index (χ4v) is 4.15. The Morgan fingerprint density at radius 3 is 2.44 bits per heavy atom. The number of hydrogen-bond donors (Lipinski definition) is 0. The molecule has 0 N–H and O–H groups in total. The van der Waals surface area contributed by atoms with Crippen LogP contribution in [0.15, 0.2) is 59.6 Å². The Bertz CT molecular complexity index is 858. The molecule has 0 spiro atoms. The van der Waals surface area contributed by atoms with Crippen LogP contribution < -0.4 is 0 Å². The second-order valence-electron chi connectivity index (χ2n) is 6.07. The number of halogens is 3. The molecule has 2 aromatic carbocycles. The largest absolute Gasteiger partial charge is 0.486 e. The molecule has 0 bridgehead atoms.